The Balaban J connectivity index is 1.40. The summed E-state index contributed by atoms with van der Waals surface area (Å²) in [6, 6.07) is 21.2. The van der Waals surface area contributed by atoms with Crippen LogP contribution in [0.2, 0.25) is 0 Å². The number of carbonyl (C=O) groups excluding carboxylic acids is 2. The number of fused-ring (bicyclic) bond motifs is 3. The quantitative estimate of drug-likeness (QED) is 0.305. The maximum absolute atomic E-state index is 12.5. The van der Waals surface area contributed by atoms with E-state index < -0.39 is 0 Å². The molecule has 32 heavy (non-hydrogen) atoms. The standard InChI is InChI=1S/C25H23BrN4O2/c1-3-30-22-10-5-4-9-20(22)21-15-19(11-12-23(21)30)27-24(31)13-16(2)28-29-25(32)17-7-6-8-18(26)14-17/h4-12,14-15,28H,2-3,13H2,1H3,(H,27,31)(H,29,32). The lowest BCUT2D eigenvalue weighted by Crippen LogP contribution is -2.37. The third-order valence-corrected chi connectivity index (χ3v) is 5.68. The molecule has 0 aliphatic carbocycles. The molecule has 2 amide bonds. The van der Waals surface area contributed by atoms with Crippen LogP contribution >= 0.6 is 15.9 Å². The van der Waals surface area contributed by atoms with E-state index >= 15 is 0 Å². The normalized spacial score (nSPS) is 10.8. The molecule has 3 aromatic carbocycles. The van der Waals surface area contributed by atoms with Gasteiger partial charge in [0, 0.05) is 49.8 Å². The predicted octanol–water partition coefficient (Wildman–Crippen LogP) is 5.35. The van der Waals surface area contributed by atoms with E-state index in [1.807, 2.05) is 36.4 Å². The Labute approximate surface area is 194 Å². The number of benzene rings is 3. The number of nitrogens with one attached hydrogen (secondary N) is 3. The molecular formula is C25H23BrN4O2. The number of hydrogen-bond donors (Lipinski definition) is 3. The molecule has 0 saturated carbocycles. The van der Waals surface area contributed by atoms with Crippen molar-refractivity contribution in [1.82, 2.24) is 15.4 Å². The summed E-state index contributed by atoms with van der Waals surface area (Å²) in [5.74, 6) is -0.539. The van der Waals surface area contributed by atoms with Crippen LogP contribution in [0.3, 0.4) is 0 Å². The lowest BCUT2D eigenvalue weighted by molar-refractivity contribution is -0.115. The molecule has 162 valence electrons. The highest BCUT2D eigenvalue weighted by Crippen LogP contribution is 2.31. The van der Waals surface area contributed by atoms with Gasteiger partial charge in [0.2, 0.25) is 5.91 Å². The minimum absolute atomic E-state index is 0.0214. The molecular weight excluding hydrogens is 468 g/mol. The zero-order valence-corrected chi connectivity index (χ0v) is 19.2. The van der Waals surface area contributed by atoms with Crippen molar-refractivity contribution in [3.63, 3.8) is 0 Å². The number of para-hydroxylation sites is 1. The molecule has 0 saturated heterocycles. The van der Waals surface area contributed by atoms with Gasteiger partial charge in [-0.25, -0.2) is 0 Å². The molecule has 0 bridgehead atoms. The first-order valence-electron chi connectivity index (χ1n) is 10.3. The minimum Gasteiger partial charge on any atom is -0.341 e. The topological polar surface area (TPSA) is 75.2 Å². The number of carbonyl (C=O) groups is 2. The average molecular weight is 491 g/mol. The zero-order valence-electron chi connectivity index (χ0n) is 17.6. The van der Waals surface area contributed by atoms with Gasteiger partial charge >= 0.3 is 0 Å². The summed E-state index contributed by atoms with van der Waals surface area (Å²) in [5.41, 5.74) is 9.16. The molecule has 4 rings (SSSR count). The van der Waals surface area contributed by atoms with Gasteiger partial charge in [-0.3, -0.25) is 15.0 Å². The van der Waals surface area contributed by atoms with Crippen molar-refractivity contribution < 1.29 is 9.59 Å². The van der Waals surface area contributed by atoms with Crippen LogP contribution in [-0.4, -0.2) is 16.4 Å². The maximum atomic E-state index is 12.5. The molecule has 1 heterocycles. The molecule has 0 aliphatic rings. The van der Waals surface area contributed by atoms with Crippen molar-refractivity contribution in [3.8, 4) is 0 Å². The fourth-order valence-corrected chi connectivity index (χ4v) is 4.16. The van der Waals surface area contributed by atoms with Crippen molar-refractivity contribution in [2.24, 2.45) is 0 Å². The Morgan fingerprint density at radius 2 is 1.72 bits per heavy atom. The fourth-order valence-electron chi connectivity index (χ4n) is 3.76. The molecule has 0 unspecified atom stereocenters. The molecule has 3 N–H and O–H groups in total. The molecule has 0 aliphatic heterocycles. The maximum Gasteiger partial charge on any atom is 0.269 e. The molecule has 1 aromatic heterocycles. The monoisotopic (exact) mass is 490 g/mol. The first kappa shape index (κ1) is 21.6. The van der Waals surface area contributed by atoms with Crippen LogP contribution < -0.4 is 16.2 Å². The third kappa shape index (κ3) is 4.53. The van der Waals surface area contributed by atoms with Crippen LogP contribution in [0.4, 0.5) is 5.69 Å². The average Bonchev–Trinajstić information content (AvgIpc) is 3.10. The molecule has 0 fully saturated rings. The number of hydrazine groups is 1. The van der Waals surface area contributed by atoms with Gasteiger partial charge in [0.1, 0.15) is 0 Å². The van der Waals surface area contributed by atoms with Crippen molar-refractivity contribution >= 4 is 55.2 Å². The van der Waals surface area contributed by atoms with Crippen LogP contribution in [0.1, 0.15) is 23.7 Å². The molecule has 4 aromatic rings. The second kappa shape index (κ2) is 9.28. The summed E-state index contributed by atoms with van der Waals surface area (Å²) >= 11 is 3.34. The van der Waals surface area contributed by atoms with E-state index in [-0.39, 0.29) is 18.2 Å². The van der Waals surface area contributed by atoms with E-state index in [1.165, 1.54) is 5.52 Å². The van der Waals surface area contributed by atoms with Crippen LogP contribution in [0.25, 0.3) is 21.8 Å². The largest absolute Gasteiger partial charge is 0.341 e. The van der Waals surface area contributed by atoms with Gasteiger partial charge in [0.15, 0.2) is 0 Å². The number of amides is 2. The van der Waals surface area contributed by atoms with Crippen molar-refractivity contribution in [1.29, 1.82) is 0 Å². The number of aromatic nitrogens is 1. The number of aryl methyl sites for hydroxylation is 1. The van der Waals surface area contributed by atoms with Gasteiger partial charge in [-0.05, 0) is 49.4 Å². The van der Waals surface area contributed by atoms with Crippen LogP contribution in [0.15, 0.2) is 83.5 Å². The van der Waals surface area contributed by atoms with Gasteiger partial charge in [-0.2, -0.15) is 0 Å². The zero-order chi connectivity index (χ0) is 22.7. The number of hydrogen-bond acceptors (Lipinski definition) is 3. The Bertz CT molecular complexity index is 1340. The Morgan fingerprint density at radius 1 is 0.938 bits per heavy atom. The van der Waals surface area contributed by atoms with Gasteiger partial charge in [-0.1, -0.05) is 46.8 Å². The lowest BCUT2D eigenvalue weighted by Gasteiger charge is -2.12. The number of rotatable bonds is 7. The smallest absolute Gasteiger partial charge is 0.269 e. The highest BCUT2D eigenvalue weighted by molar-refractivity contribution is 9.10. The Hall–Kier alpha value is -3.58. The summed E-state index contributed by atoms with van der Waals surface area (Å²) in [6.07, 6.45) is 0.0214. The molecule has 0 atom stereocenters. The SMILES string of the molecule is C=C(CC(=O)Nc1ccc2c(c1)c1ccccc1n2CC)NNC(=O)c1cccc(Br)c1. The van der Waals surface area contributed by atoms with Crippen LogP contribution in [0, 0.1) is 0 Å². The van der Waals surface area contributed by atoms with Crippen molar-refractivity contribution in [3.05, 3.63) is 89.0 Å². The van der Waals surface area contributed by atoms with E-state index in [2.05, 4.69) is 62.3 Å². The predicted molar refractivity (Wildman–Crippen MR) is 132 cm³/mol. The van der Waals surface area contributed by atoms with E-state index in [0.29, 0.717) is 16.9 Å². The van der Waals surface area contributed by atoms with Gasteiger partial charge < -0.3 is 15.3 Å². The van der Waals surface area contributed by atoms with Crippen molar-refractivity contribution in [2.45, 2.75) is 19.9 Å². The molecule has 7 heteroatoms. The van der Waals surface area contributed by atoms with Gasteiger partial charge in [0.25, 0.3) is 5.91 Å². The molecule has 0 spiro atoms. The number of anilines is 1. The van der Waals surface area contributed by atoms with Crippen LogP contribution in [0.5, 0.6) is 0 Å². The first-order chi connectivity index (χ1) is 15.5. The van der Waals surface area contributed by atoms with E-state index in [4.69, 9.17) is 0 Å². The van der Waals surface area contributed by atoms with Gasteiger partial charge in [0.05, 0.1) is 6.42 Å². The van der Waals surface area contributed by atoms with Crippen LogP contribution in [-0.2, 0) is 11.3 Å². The highest BCUT2D eigenvalue weighted by atomic mass is 79.9. The summed E-state index contributed by atoms with van der Waals surface area (Å²) in [6.45, 7) is 6.81. The van der Waals surface area contributed by atoms with Gasteiger partial charge in [-0.15, -0.1) is 0 Å². The summed E-state index contributed by atoms with van der Waals surface area (Å²) in [5, 5.41) is 5.17. The minimum atomic E-state index is -0.314. The second-order valence-corrected chi connectivity index (χ2v) is 8.33. The van der Waals surface area contributed by atoms with E-state index in [9.17, 15) is 9.59 Å². The Kier molecular flexibility index (Phi) is 6.28. The third-order valence-electron chi connectivity index (χ3n) is 5.19. The first-order valence-corrected chi connectivity index (χ1v) is 11.1. The molecule has 0 radical (unpaired) electrons. The summed E-state index contributed by atoms with van der Waals surface area (Å²) in [4.78, 5) is 24.7. The number of nitrogens with zero attached hydrogens (tertiary/aromatic N) is 1. The van der Waals surface area contributed by atoms with Crippen molar-refractivity contribution in [2.75, 3.05) is 5.32 Å². The number of halogens is 1. The highest BCUT2D eigenvalue weighted by Gasteiger charge is 2.12. The summed E-state index contributed by atoms with van der Waals surface area (Å²) < 4.78 is 3.07. The molecule has 6 nitrogen and oxygen atoms in total. The Morgan fingerprint density at radius 3 is 2.50 bits per heavy atom. The second-order valence-electron chi connectivity index (χ2n) is 7.41. The summed E-state index contributed by atoms with van der Waals surface area (Å²) in [7, 11) is 0. The van der Waals surface area contributed by atoms with E-state index in [0.717, 1.165) is 27.3 Å². The van der Waals surface area contributed by atoms with E-state index in [1.54, 1.807) is 18.2 Å². The lowest BCUT2D eigenvalue weighted by atomic mass is 10.1. The fraction of sp³-hybridized carbons (Fsp3) is 0.120.